The summed E-state index contributed by atoms with van der Waals surface area (Å²) >= 11 is 0. The third-order valence-corrected chi connectivity index (χ3v) is 2.11. The molecule has 90 valence electrons. The summed E-state index contributed by atoms with van der Waals surface area (Å²) in [4.78, 5) is 0. The largest absolute Gasteiger partial charge is 0.399 e. The van der Waals surface area contributed by atoms with Gasteiger partial charge in [0.1, 0.15) is 0 Å². The van der Waals surface area contributed by atoms with Gasteiger partial charge in [-0.2, -0.15) is 0 Å². The van der Waals surface area contributed by atoms with Crippen molar-refractivity contribution in [2.75, 3.05) is 44.5 Å². The van der Waals surface area contributed by atoms with E-state index in [0.29, 0.717) is 13.2 Å². The van der Waals surface area contributed by atoms with E-state index in [-0.39, 0.29) is 0 Å². The first-order chi connectivity index (χ1) is 7.83. The summed E-state index contributed by atoms with van der Waals surface area (Å²) in [6, 6.07) is 7.74. The van der Waals surface area contributed by atoms with E-state index >= 15 is 0 Å². The van der Waals surface area contributed by atoms with Crippen LogP contribution in [0.25, 0.3) is 0 Å². The van der Waals surface area contributed by atoms with E-state index in [1.54, 1.807) is 7.11 Å². The van der Waals surface area contributed by atoms with Gasteiger partial charge in [-0.25, -0.2) is 0 Å². The SMILES string of the molecule is COCCOCCCNc1cccc(N)c1. The molecule has 0 atom stereocenters. The molecule has 0 fully saturated rings. The molecular formula is C12H20N2O2. The van der Waals surface area contributed by atoms with Crippen LogP contribution in [0.1, 0.15) is 6.42 Å². The minimum atomic E-state index is 0.655. The van der Waals surface area contributed by atoms with Gasteiger partial charge >= 0.3 is 0 Å². The molecule has 0 bridgehead atoms. The maximum atomic E-state index is 5.67. The van der Waals surface area contributed by atoms with Crippen molar-refractivity contribution in [3.63, 3.8) is 0 Å². The summed E-state index contributed by atoms with van der Waals surface area (Å²) in [6.45, 7) is 2.95. The molecule has 0 aromatic heterocycles. The van der Waals surface area contributed by atoms with E-state index in [2.05, 4.69) is 5.32 Å². The van der Waals surface area contributed by atoms with Crippen molar-refractivity contribution in [3.05, 3.63) is 24.3 Å². The number of hydrogen-bond acceptors (Lipinski definition) is 4. The van der Waals surface area contributed by atoms with Crippen molar-refractivity contribution in [2.24, 2.45) is 0 Å². The molecular weight excluding hydrogens is 204 g/mol. The van der Waals surface area contributed by atoms with Crippen LogP contribution < -0.4 is 11.1 Å². The zero-order chi connectivity index (χ0) is 11.6. The molecule has 1 aromatic rings. The van der Waals surface area contributed by atoms with Gasteiger partial charge in [0.15, 0.2) is 0 Å². The normalized spacial score (nSPS) is 10.3. The Balaban J connectivity index is 2.03. The minimum absolute atomic E-state index is 0.655. The zero-order valence-corrected chi connectivity index (χ0v) is 9.74. The molecule has 0 saturated heterocycles. The monoisotopic (exact) mass is 224 g/mol. The molecule has 4 heteroatoms. The average Bonchev–Trinajstić information content (AvgIpc) is 2.28. The van der Waals surface area contributed by atoms with Crippen LogP contribution in [0.4, 0.5) is 11.4 Å². The Labute approximate surface area is 96.7 Å². The predicted octanol–water partition coefficient (Wildman–Crippen LogP) is 1.73. The molecule has 0 aliphatic rings. The van der Waals surface area contributed by atoms with Gasteiger partial charge in [0.25, 0.3) is 0 Å². The highest BCUT2D eigenvalue weighted by Crippen LogP contribution is 2.11. The van der Waals surface area contributed by atoms with Gasteiger partial charge in [0, 0.05) is 31.6 Å². The smallest absolute Gasteiger partial charge is 0.0700 e. The highest BCUT2D eigenvalue weighted by molar-refractivity contribution is 5.53. The van der Waals surface area contributed by atoms with Crippen LogP contribution in [0.5, 0.6) is 0 Å². The van der Waals surface area contributed by atoms with Crippen LogP contribution in [0, 0.1) is 0 Å². The molecule has 0 heterocycles. The second-order valence-corrected chi connectivity index (χ2v) is 3.51. The van der Waals surface area contributed by atoms with Crippen LogP contribution >= 0.6 is 0 Å². The number of anilines is 2. The van der Waals surface area contributed by atoms with E-state index in [9.17, 15) is 0 Å². The fourth-order valence-corrected chi connectivity index (χ4v) is 1.30. The topological polar surface area (TPSA) is 56.5 Å². The molecule has 0 aliphatic heterocycles. The molecule has 0 unspecified atom stereocenters. The predicted molar refractivity (Wildman–Crippen MR) is 66.7 cm³/mol. The van der Waals surface area contributed by atoms with E-state index in [4.69, 9.17) is 15.2 Å². The van der Waals surface area contributed by atoms with Crippen molar-refractivity contribution in [1.29, 1.82) is 0 Å². The van der Waals surface area contributed by atoms with Crippen molar-refractivity contribution in [2.45, 2.75) is 6.42 Å². The zero-order valence-electron chi connectivity index (χ0n) is 9.74. The summed E-state index contributed by atoms with van der Waals surface area (Å²) in [5.41, 5.74) is 7.50. The fourth-order valence-electron chi connectivity index (χ4n) is 1.30. The lowest BCUT2D eigenvalue weighted by atomic mass is 10.3. The Morgan fingerprint density at radius 3 is 2.88 bits per heavy atom. The maximum Gasteiger partial charge on any atom is 0.0700 e. The number of nitrogen functional groups attached to an aromatic ring is 1. The number of methoxy groups -OCH3 is 1. The van der Waals surface area contributed by atoms with Gasteiger partial charge in [-0.3, -0.25) is 0 Å². The maximum absolute atomic E-state index is 5.67. The van der Waals surface area contributed by atoms with E-state index in [0.717, 1.165) is 30.9 Å². The fraction of sp³-hybridized carbons (Fsp3) is 0.500. The van der Waals surface area contributed by atoms with Crippen LogP contribution in [-0.2, 0) is 9.47 Å². The molecule has 4 nitrogen and oxygen atoms in total. The number of ether oxygens (including phenoxy) is 2. The van der Waals surface area contributed by atoms with Crippen molar-refractivity contribution >= 4 is 11.4 Å². The summed E-state index contributed by atoms with van der Waals surface area (Å²) < 4.78 is 10.2. The number of rotatable bonds is 8. The number of benzene rings is 1. The Kier molecular flexibility index (Phi) is 6.37. The second kappa shape index (κ2) is 7.96. The Hall–Kier alpha value is -1.26. The molecule has 0 radical (unpaired) electrons. The molecule has 1 aromatic carbocycles. The summed E-state index contributed by atoms with van der Waals surface area (Å²) in [6.07, 6.45) is 0.971. The number of nitrogens with two attached hydrogens (primary N) is 1. The Morgan fingerprint density at radius 2 is 2.12 bits per heavy atom. The third kappa shape index (κ3) is 5.58. The van der Waals surface area contributed by atoms with Crippen LogP contribution in [0.2, 0.25) is 0 Å². The van der Waals surface area contributed by atoms with Gasteiger partial charge in [0.05, 0.1) is 13.2 Å². The summed E-state index contributed by atoms with van der Waals surface area (Å²) in [7, 11) is 1.67. The lowest BCUT2D eigenvalue weighted by molar-refractivity contribution is 0.0705. The second-order valence-electron chi connectivity index (χ2n) is 3.51. The van der Waals surface area contributed by atoms with E-state index < -0.39 is 0 Å². The van der Waals surface area contributed by atoms with Gasteiger partial charge < -0.3 is 20.5 Å². The first-order valence-electron chi connectivity index (χ1n) is 5.49. The highest BCUT2D eigenvalue weighted by Gasteiger charge is 1.92. The first-order valence-corrected chi connectivity index (χ1v) is 5.49. The van der Waals surface area contributed by atoms with Gasteiger partial charge in [-0.15, -0.1) is 0 Å². The standard InChI is InChI=1S/C12H20N2O2/c1-15-8-9-16-7-3-6-14-12-5-2-4-11(13)10-12/h2,4-5,10,14H,3,6-9,13H2,1H3. The summed E-state index contributed by atoms with van der Waals surface area (Å²) in [5, 5.41) is 3.29. The van der Waals surface area contributed by atoms with Crippen molar-refractivity contribution in [3.8, 4) is 0 Å². The third-order valence-electron chi connectivity index (χ3n) is 2.11. The lowest BCUT2D eigenvalue weighted by Gasteiger charge is -2.07. The molecule has 0 saturated carbocycles. The van der Waals surface area contributed by atoms with E-state index in [1.165, 1.54) is 0 Å². The molecule has 1 rings (SSSR count). The number of nitrogens with one attached hydrogen (secondary N) is 1. The van der Waals surface area contributed by atoms with Crippen LogP contribution in [0.3, 0.4) is 0 Å². The van der Waals surface area contributed by atoms with Crippen LogP contribution in [-0.4, -0.2) is 33.5 Å². The Morgan fingerprint density at radius 1 is 1.25 bits per heavy atom. The van der Waals surface area contributed by atoms with E-state index in [1.807, 2.05) is 24.3 Å². The van der Waals surface area contributed by atoms with Crippen molar-refractivity contribution in [1.82, 2.24) is 0 Å². The lowest BCUT2D eigenvalue weighted by Crippen LogP contribution is -2.08. The molecule has 16 heavy (non-hydrogen) atoms. The molecule has 0 spiro atoms. The Bertz CT molecular complexity index is 292. The highest BCUT2D eigenvalue weighted by atomic mass is 16.5. The van der Waals surface area contributed by atoms with Crippen molar-refractivity contribution < 1.29 is 9.47 Å². The van der Waals surface area contributed by atoms with Crippen LogP contribution in [0.15, 0.2) is 24.3 Å². The molecule has 3 N–H and O–H groups in total. The minimum Gasteiger partial charge on any atom is -0.399 e. The van der Waals surface area contributed by atoms with Gasteiger partial charge in [-0.05, 0) is 24.6 Å². The first kappa shape index (κ1) is 12.8. The molecule has 0 aliphatic carbocycles. The quantitative estimate of drug-likeness (QED) is 0.521. The average molecular weight is 224 g/mol. The number of hydrogen-bond donors (Lipinski definition) is 2. The molecule has 0 amide bonds. The summed E-state index contributed by atoms with van der Waals surface area (Å²) in [5.74, 6) is 0. The van der Waals surface area contributed by atoms with Gasteiger partial charge in [-0.1, -0.05) is 6.07 Å². The van der Waals surface area contributed by atoms with Gasteiger partial charge in [0.2, 0.25) is 0 Å².